The summed E-state index contributed by atoms with van der Waals surface area (Å²) in [6, 6.07) is 1.58. The van der Waals surface area contributed by atoms with E-state index in [1.54, 1.807) is 26.8 Å². The summed E-state index contributed by atoms with van der Waals surface area (Å²) >= 11 is 1.39. The first-order valence-corrected chi connectivity index (χ1v) is 10.5. The molecule has 0 radical (unpaired) electrons. The average Bonchev–Trinajstić information content (AvgIpc) is 3.20. The van der Waals surface area contributed by atoms with Crippen LogP contribution in [-0.2, 0) is 27.1 Å². The molecule has 1 atom stereocenters. The smallest absolute Gasteiger partial charge is 0.342 e. The van der Waals surface area contributed by atoms with Crippen LogP contribution in [-0.4, -0.2) is 30.6 Å². The molecule has 1 amide bonds. The molecule has 1 aliphatic carbocycles. The van der Waals surface area contributed by atoms with Crippen molar-refractivity contribution in [3.63, 3.8) is 0 Å². The van der Waals surface area contributed by atoms with Gasteiger partial charge >= 0.3 is 11.9 Å². The maximum absolute atomic E-state index is 12.7. The zero-order valence-corrected chi connectivity index (χ0v) is 17.9. The summed E-state index contributed by atoms with van der Waals surface area (Å²) in [7, 11) is 0. The zero-order chi connectivity index (χ0) is 21.1. The van der Waals surface area contributed by atoms with E-state index >= 15 is 0 Å². The molecule has 8 heteroatoms. The Morgan fingerprint density at radius 3 is 2.59 bits per heavy atom. The number of aryl methyl sites for hydroxylation is 3. The summed E-state index contributed by atoms with van der Waals surface area (Å²) in [4.78, 5) is 38.6. The second-order valence-corrected chi connectivity index (χ2v) is 8.10. The average molecular weight is 419 g/mol. The van der Waals surface area contributed by atoms with Crippen LogP contribution in [0.5, 0.6) is 0 Å². The molecular formula is C21H25NO6S. The Morgan fingerprint density at radius 1 is 1.21 bits per heavy atom. The van der Waals surface area contributed by atoms with E-state index in [4.69, 9.17) is 13.9 Å². The Hall–Kier alpha value is -2.61. The molecule has 0 aromatic carbocycles. The van der Waals surface area contributed by atoms with Gasteiger partial charge in [0.25, 0.3) is 5.91 Å². The van der Waals surface area contributed by atoms with E-state index in [0.29, 0.717) is 27.6 Å². The molecule has 0 unspecified atom stereocenters. The SMILES string of the molecule is CCOC(=O)c1c(NC(=O)[C@H](C)OC(=O)c2cc(C)oc2C)sc2c1CCCC2. The van der Waals surface area contributed by atoms with E-state index < -0.39 is 23.9 Å². The highest BCUT2D eigenvalue weighted by Crippen LogP contribution is 2.38. The number of nitrogens with one attached hydrogen (secondary N) is 1. The number of thiophene rings is 1. The van der Waals surface area contributed by atoms with E-state index in [-0.39, 0.29) is 6.61 Å². The summed E-state index contributed by atoms with van der Waals surface area (Å²) in [6.45, 7) is 6.89. The molecule has 2 aromatic rings. The maximum atomic E-state index is 12.7. The molecule has 0 bridgehead atoms. The predicted octanol–water partition coefficient (Wildman–Crippen LogP) is 4.20. The lowest BCUT2D eigenvalue weighted by atomic mass is 9.95. The Kier molecular flexibility index (Phi) is 6.42. The number of carbonyl (C=O) groups is 3. The van der Waals surface area contributed by atoms with Crippen molar-refractivity contribution in [3.05, 3.63) is 39.2 Å². The Morgan fingerprint density at radius 2 is 1.93 bits per heavy atom. The molecule has 0 aliphatic heterocycles. The molecule has 0 saturated heterocycles. The van der Waals surface area contributed by atoms with Crippen LogP contribution < -0.4 is 5.32 Å². The van der Waals surface area contributed by atoms with E-state index in [2.05, 4.69) is 5.32 Å². The topological polar surface area (TPSA) is 94.8 Å². The highest BCUT2D eigenvalue weighted by Gasteiger charge is 2.29. The zero-order valence-electron chi connectivity index (χ0n) is 17.0. The van der Waals surface area contributed by atoms with Crippen LogP contribution in [0.4, 0.5) is 5.00 Å². The molecule has 1 aliphatic rings. The second kappa shape index (κ2) is 8.82. The van der Waals surface area contributed by atoms with Gasteiger partial charge in [0.2, 0.25) is 0 Å². The number of esters is 2. The first-order valence-electron chi connectivity index (χ1n) is 9.72. The van der Waals surface area contributed by atoms with Crippen LogP contribution in [0.25, 0.3) is 0 Å². The van der Waals surface area contributed by atoms with Gasteiger partial charge in [-0.3, -0.25) is 4.79 Å². The standard InChI is InChI=1S/C21H25NO6S/c1-5-26-21(25)17-14-8-6-7-9-16(14)29-19(17)22-18(23)13(4)28-20(24)15-10-11(2)27-12(15)3/h10,13H,5-9H2,1-4H3,(H,22,23)/t13-/m0/s1. The summed E-state index contributed by atoms with van der Waals surface area (Å²) in [5.74, 6) is -0.528. The van der Waals surface area contributed by atoms with E-state index in [9.17, 15) is 14.4 Å². The van der Waals surface area contributed by atoms with Crippen LogP contribution in [0.15, 0.2) is 10.5 Å². The van der Waals surface area contributed by atoms with Gasteiger partial charge in [-0.15, -0.1) is 11.3 Å². The largest absolute Gasteiger partial charge is 0.466 e. The van der Waals surface area contributed by atoms with Gasteiger partial charge in [-0.1, -0.05) is 0 Å². The van der Waals surface area contributed by atoms with Crippen molar-refractivity contribution in [2.24, 2.45) is 0 Å². The molecular weight excluding hydrogens is 394 g/mol. The van der Waals surface area contributed by atoms with Crippen LogP contribution in [0.1, 0.15) is 69.4 Å². The van der Waals surface area contributed by atoms with Gasteiger partial charge in [0, 0.05) is 4.88 Å². The van der Waals surface area contributed by atoms with Crippen molar-refractivity contribution in [3.8, 4) is 0 Å². The van der Waals surface area contributed by atoms with E-state index in [1.165, 1.54) is 18.3 Å². The minimum atomic E-state index is -1.04. The number of ether oxygens (including phenoxy) is 2. The highest BCUT2D eigenvalue weighted by molar-refractivity contribution is 7.17. The fourth-order valence-corrected chi connectivity index (χ4v) is 4.68. The first kappa shape index (κ1) is 21.1. The van der Waals surface area contributed by atoms with Crippen molar-refractivity contribution in [2.75, 3.05) is 11.9 Å². The lowest BCUT2D eigenvalue weighted by molar-refractivity contribution is -0.123. The molecule has 0 saturated carbocycles. The van der Waals surface area contributed by atoms with Crippen LogP contribution in [0.3, 0.4) is 0 Å². The number of furan rings is 1. The number of hydrogen-bond donors (Lipinski definition) is 1. The highest BCUT2D eigenvalue weighted by atomic mass is 32.1. The molecule has 7 nitrogen and oxygen atoms in total. The molecule has 2 aromatic heterocycles. The normalized spacial score (nSPS) is 14.1. The van der Waals surface area contributed by atoms with Crippen LogP contribution >= 0.6 is 11.3 Å². The minimum Gasteiger partial charge on any atom is -0.466 e. The first-order chi connectivity index (χ1) is 13.8. The number of fused-ring (bicyclic) bond motifs is 1. The van der Waals surface area contributed by atoms with Gasteiger partial charge in [-0.05, 0) is 65.0 Å². The van der Waals surface area contributed by atoms with Gasteiger partial charge in [-0.2, -0.15) is 0 Å². The van der Waals surface area contributed by atoms with Gasteiger partial charge in [0.1, 0.15) is 22.1 Å². The lowest BCUT2D eigenvalue weighted by Gasteiger charge is -2.14. The van der Waals surface area contributed by atoms with Crippen LogP contribution in [0.2, 0.25) is 0 Å². The third-order valence-corrected chi connectivity index (χ3v) is 6.01. The Bertz CT molecular complexity index is 941. The molecule has 156 valence electrons. The number of hydrogen-bond acceptors (Lipinski definition) is 7. The van der Waals surface area contributed by atoms with E-state index in [1.807, 2.05) is 0 Å². The summed E-state index contributed by atoms with van der Waals surface area (Å²) in [5.41, 5.74) is 1.69. The van der Waals surface area contributed by atoms with Crippen molar-refractivity contribution in [1.82, 2.24) is 0 Å². The van der Waals surface area contributed by atoms with Crippen molar-refractivity contribution in [1.29, 1.82) is 0 Å². The van der Waals surface area contributed by atoms with Gasteiger partial charge in [0.05, 0.1) is 12.2 Å². The molecule has 0 fully saturated rings. The molecule has 0 spiro atoms. The quantitative estimate of drug-likeness (QED) is 0.705. The third-order valence-electron chi connectivity index (χ3n) is 4.80. The van der Waals surface area contributed by atoms with E-state index in [0.717, 1.165) is 36.1 Å². The minimum absolute atomic E-state index is 0.258. The number of amides is 1. The Balaban J connectivity index is 1.76. The summed E-state index contributed by atoms with van der Waals surface area (Å²) < 4.78 is 15.8. The second-order valence-electron chi connectivity index (χ2n) is 7.00. The Labute approximate surface area is 173 Å². The third kappa shape index (κ3) is 4.53. The summed E-state index contributed by atoms with van der Waals surface area (Å²) in [5, 5.41) is 3.22. The number of carbonyl (C=O) groups excluding carboxylic acids is 3. The molecule has 1 N–H and O–H groups in total. The van der Waals surface area contributed by atoms with Crippen molar-refractivity contribution < 1.29 is 28.3 Å². The molecule has 29 heavy (non-hydrogen) atoms. The maximum Gasteiger partial charge on any atom is 0.342 e. The van der Waals surface area contributed by atoms with Crippen molar-refractivity contribution in [2.45, 2.75) is 59.5 Å². The molecule has 3 rings (SSSR count). The van der Waals surface area contributed by atoms with Gasteiger partial charge < -0.3 is 19.2 Å². The fraction of sp³-hybridized carbons (Fsp3) is 0.476. The lowest BCUT2D eigenvalue weighted by Crippen LogP contribution is -2.30. The number of anilines is 1. The van der Waals surface area contributed by atoms with Gasteiger partial charge in [-0.25, -0.2) is 9.59 Å². The fourth-order valence-electron chi connectivity index (χ4n) is 3.40. The van der Waals surface area contributed by atoms with Crippen LogP contribution in [0, 0.1) is 13.8 Å². The monoisotopic (exact) mass is 419 g/mol. The van der Waals surface area contributed by atoms with Gasteiger partial charge in [0.15, 0.2) is 6.10 Å². The van der Waals surface area contributed by atoms with Crippen molar-refractivity contribution >= 4 is 34.2 Å². The summed E-state index contributed by atoms with van der Waals surface area (Å²) in [6.07, 6.45) is 2.69. The number of rotatable bonds is 6. The predicted molar refractivity (Wildman–Crippen MR) is 109 cm³/mol. The molecule has 2 heterocycles.